The van der Waals surface area contributed by atoms with Crippen molar-refractivity contribution in [1.29, 1.82) is 0 Å². The number of aliphatic hydroxyl groups is 1. The molecule has 1 aliphatic heterocycles. The van der Waals surface area contributed by atoms with Gasteiger partial charge in [0.1, 0.15) is 0 Å². The molecule has 5 heteroatoms. The Morgan fingerprint density at radius 1 is 1.41 bits per heavy atom. The van der Waals surface area contributed by atoms with Gasteiger partial charge in [0, 0.05) is 18.8 Å². The van der Waals surface area contributed by atoms with Gasteiger partial charge in [0.05, 0.1) is 12.1 Å². The van der Waals surface area contributed by atoms with Crippen LogP contribution in [0, 0.1) is 0 Å². The van der Waals surface area contributed by atoms with Crippen molar-refractivity contribution in [2.45, 2.75) is 38.7 Å². The third-order valence-corrected chi connectivity index (χ3v) is 4.02. The van der Waals surface area contributed by atoms with Gasteiger partial charge in [0.15, 0.2) is 5.96 Å². The van der Waals surface area contributed by atoms with Crippen LogP contribution in [0.2, 0.25) is 0 Å². The molecule has 4 nitrogen and oxygen atoms in total. The van der Waals surface area contributed by atoms with Crippen LogP contribution in [0.1, 0.15) is 33.1 Å². The first-order valence-electron chi connectivity index (χ1n) is 6.52. The largest absolute Gasteiger partial charge is 0.387 e. The average molecular weight is 259 g/mol. The Balaban J connectivity index is 2.38. The third-order valence-electron chi connectivity index (χ3n) is 2.78. The van der Waals surface area contributed by atoms with E-state index in [1.54, 1.807) is 0 Å². The molecule has 17 heavy (non-hydrogen) atoms. The first-order chi connectivity index (χ1) is 8.20. The van der Waals surface area contributed by atoms with Crippen molar-refractivity contribution in [2.75, 3.05) is 31.1 Å². The molecule has 0 aromatic carbocycles. The smallest absolute Gasteiger partial charge is 0.191 e. The monoisotopic (exact) mass is 259 g/mol. The molecule has 0 amide bonds. The highest BCUT2D eigenvalue weighted by atomic mass is 32.2. The Kier molecular flexibility index (Phi) is 6.73. The molecule has 100 valence electrons. The van der Waals surface area contributed by atoms with Gasteiger partial charge < -0.3 is 15.7 Å². The maximum absolute atomic E-state index is 10.2. The normalized spacial score (nSPS) is 25.0. The van der Waals surface area contributed by atoms with Crippen LogP contribution in [0.5, 0.6) is 0 Å². The zero-order valence-corrected chi connectivity index (χ0v) is 11.8. The van der Waals surface area contributed by atoms with E-state index in [4.69, 9.17) is 0 Å². The van der Waals surface area contributed by atoms with E-state index in [0.717, 1.165) is 43.4 Å². The summed E-state index contributed by atoms with van der Waals surface area (Å²) < 4.78 is 0. The molecule has 1 aliphatic rings. The van der Waals surface area contributed by atoms with Gasteiger partial charge in [-0.25, -0.2) is 0 Å². The van der Waals surface area contributed by atoms with E-state index >= 15 is 0 Å². The second-order valence-corrected chi connectivity index (χ2v) is 5.61. The molecule has 1 unspecified atom stereocenters. The summed E-state index contributed by atoms with van der Waals surface area (Å²) in [5.74, 6) is 2.68. The highest BCUT2D eigenvalue weighted by molar-refractivity contribution is 7.99. The highest BCUT2D eigenvalue weighted by Gasteiger charge is 2.31. The van der Waals surface area contributed by atoms with Gasteiger partial charge >= 0.3 is 0 Å². The van der Waals surface area contributed by atoms with Crippen molar-refractivity contribution in [1.82, 2.24) is 10.6 Å². The first kappa shape index (κ1) is 14.6. The molecule has 0 radical (unpaired) electrons. The van der Waals surface area contributed by atoms with Crippen molar-refractivity contribution in [3.05, 3.63) is 0 Å². The van der Waals surface area contributed by atoms with Crippen molar-refractivity contribution in [3.63, 3.8) is 0 Å². The summed E-state index contributed by atoms with van der Waals surface area (Å²) in [5.41, 5.74) is -0.586. The minimum Gasteiger partial charge on any atom is -0.387 e. The quantitative estimate of drug-likeness (QED) is 0.381. The van der Waals surface area contributed by atoms with E-state index in [1.165, 1.54) is 6.42 Å². The summed E-state index contributed by atoms with van der Waals surface area (Å²) in [6.45, 7) is 6.52. The number of hydrogen-bond donors (Lipinski definition) is 3. The summed E-state index contributed by atoms with van der Waals surface area (Å²) in [6, 6.07) is 0. The fourth-order valence-corrected chi connectivity index (χ4v) is 2.96. The van der Waals surface area contributed by atoms with Gasteiger partial charge in [-0.05, 0) is 25.5 Å². The van der Waals surface area contributed by atoms with Gasteiger partial charge in [-0.1, -0.05) is 13.3 Å². The number of aliphatic imine (C=N–C) groups is 1. The van der Waals surface area contributed by atoms with Crippen LogP contribution in [0.3, 0.4) is 0 Å². The standard InChI is InChI=1S/C12H25N3OS/c1-3-5-7-14-11(13-4-2)15-9-12(16)6-8-17-10-12/h16H,3-10H2,1-2H3,(H2,13,14,15). The van der Waals surface area contributed by atoms with Crippen molar-refractivity contribution in [3.8, 4) is 0 Å². The van der Waals surface area contributed by atoms with Crippen LogP contribution in [-0.4, -0.2) is 47.8 Å². The SMILES string of the molecule is CCCCNC(=NCC1(O)CCSC1)NCC. The minimum absolute atomic E-state index is 0.501. The van der Waals surface area contributed by atoms with Crippen LogP contribution in [0.15, 0.2) is 4.99 Å². The Morgan fingerprint density at radius 3 is 2.82 bits per heavy atom. The lowest BCUT2D eigenvalue weighted by atomic mass is 10.1. The Labute approximate surface area is 109 Å². The molecule has 1 saturated heterocycles. The lowest BCUT2D eigenvalue weighted by Crippen LogP contribution is -2.40. The average Bonchev–Trinajstić information content (AvgIpc) is 2.74. The highest BCUT2D eigenvalue weighted by Crippen LogP contribution is 2.27. The van der Waals surface area contributed by atoms with Gasteiger partial charge in [0.2, 0.25) is 0 Å². The molecule has 0 aromatic rings. The Morgan fingerprint density at radius 2 is 2.24 bits per heavy atom. The molecule has 0 aromatic heterocycles. The number of rotatable bonds is 6. The Bertz CT molecular complexity index is 240. The van der Waals surface area contributed by atoms with E-state index in [-0.39, 0.29) is 0 Å². The van der Waals surface area contributed by atoms with Crippen LogP contribution in [0.25, 0.3) is 0 Å². The van der Waals surface area contributed by atoms with E-state index < -0.39 is 5.60 Å². The molecule has 1 rings (SSSR count). The van der Waals surface area contributed by atoms with E-state index in [1.807, 2.05) is 11.8 Å². The summed E-state index contributed by atoms with van der Waals surface area (Å²) in [4.78, 5) is 4.47. The summed E-state index contributed by atoms with van der Waals surface area (Å²) in [7, 11) is 0. The van der Waals surface area contributed by atoms with Crippen LogP contribution >= 0.6 is 11.8 Å². The predicted molar refractivity (Wildman–Crippen MR) is 75.8 cm³/mol. The molecule has 0 spiro atoms. The first-order valence-corrected chi connectivity index (χ1v) is 7.68. The van der Waals surface area contributed by atoms with Gasteiger partial charge in [-0.3, -0.25) is 4.99 Å². The zero-order chi connectivity index (χ0) is 12.6. The topological polar surface area (TPSA) is 56.7 Å². The van der Waals surface area contributed by atoms with Crippen molar-refractivity contribution >= 4 is 17.7 Å². The van der Waals surface area contributed by atoms with Crippen molar-refractivity contribution in [2.24, 2.45) is 4.99 Å². The second kappa shape index (κ2) is 7.82. The fraction of sp³-hybridized carbons (Fsp3) is 0.917. The molecular weight excluding hydrogens is 234 g/mol. The molecule has 1 heterocycles. The molecule has 3 N–H and O–H groups in total. The summed E-state index contributed by atoms with van der Waals surface area (Å²) >= 11 is 1.81. The maximum atomic E-state index is 10.2. The van der Waals surface area contributed by atoms with Gasteiger partial charge in [-0.2, -0.15) is 11.8 Å². The van der Waals surface area contributed by atoms with E-state index in [9.17, 15) is 5.11 Å². The number of thioether (sulfide) groups is 1. The Hall–Kier alpha value is -0.420. The van der Waals surface area contributed by atoms with Gasteiger partial charge in [-0.15, -0.1) is 0 Å². The fourth-order valence-electron chi connectivity index (χ4n) is 1.67. The second-order valence-electron chi connectivity index (χ2n) is 4.50. The molecule has 0 aliphatic carbocycles. The molecule has 1 fully saturated rings. The number of unbranched alkanes of at least 4 members (excludes halogenated alkanes) is 1. The molecular formula is C12H25N3OS. The van der Waals surface area contributed by atoms with Crippen LogP contribution in [-0.2, 0) is 0 Å². The zero-order valence-electron chi connectivity index (χ0n) is 11.0. The van der Waals surface area contributed by atoms with E-state index in [0.29, 0.717) is 6.54 Å². The third kappa shape index (κ3) is 5.64. The van der Waals surface area contributed by atoms with E-state index in [2.05, 4.69) is 29.5 Å². The molecule has 1 atom stereocenters. The number of guanidine groups is 1. The van der Waals surface area contributed by atoms with Crippen molar-refractivity contribution < 1.29 is 5.11 Å². The lowest BCUT2D eigenvalue weighted by molar-refractivity contribution is 0.0778. The minimum atomic E-state index is -0.586. The number of hydrogen-bond acceptors (Lipinski definition) is 3. The lowest BCUT2D eigenvalue weighted by Gasteiger charge is -2.19. The number of nitrogens with one attached hydrogen (secondary N) is 2. The maximum Gasteiger partial charge on any atom is 0.191 e. The van der Waals surface area contributed by atoms with Gasteiger partial charge in [0.25, 0.3) is 0 Å². The van der Waals surface area contributed by atoms with Crippen LogP contribution in [0.4, 0.5) is 0 Å². The molecule has 0 saturated carbocycles. The number of nitrogens with zero attached hydrogens (tertiary/aromatic N) is 1. The summed E-state index contributed by atoms with van der Waals surface area (Å²) in [6.07, 6.45) is 3.17. The summed E-state index contributed by atoms with van der Waals surface area (Å²) in [5, 5.41) is 16.7. The van der Waals surface area contributed by atoms with Crippen LogP contribution < -0.4 is 10.6 Å². The predicted octanol–water partition coefficient (Wildman–Crippen LogP) is 1.21. The molecule has 0 bridgehead atoms.